The normalized spacial score (nSPS) is 55.3. The van der Waals surface area contributed by atoms with Gasteiger partial charge in [0.25, 0.3) is 0 Å². The van der Waals surface area contributed by atoms with Crippen molar-refractivity contribution in [3.8, 4) is 0 Å². The van der Waals surface area contributed by atoms with Gasteiger partial charge >= 0.3 is 0 Å². The molecule has 0 unspecified atom stereocenters. The Morgan fingerprint density at radius 3 is 1.28 bits per heavy atom. The number of aliphatic hydroxyl groups excluding tert-OH is 17. The van der Waals surface area contributed by atoms with E-state index in [9.17, 15) is 86.8 Å². The molecule has 30 atom stereocenters. The molecule has 0 spiro atoms. The van der Waals surface area contributed by atoms with Crippen molar-refractivity contribution in [2.24, 2.45) is 0 Å². The van der Waals surface area contributed by atoms with Crippen molar-refractivity contribution in [3.05, 3.63) is 0 Å². The molecule has 6 aliphatic heterocycles. The highest BCUT2D eigenvalue weighted by Gasteiger charge is 2.57. The lowest BCUT2D eigenvalue weighted by atomic mass is 9.95. The third kappa shape index (κ3) is 10.5. The molecule has 28 nitrogen and oxygen atoms in total. The van der Waals surface area contributed by atoms with E-state index in [1.807, 2.05) is 0 Å². The third-order valence-electron chi connectivity index (χ3n) is 12.3. The lowest BCUT2D eigenvalue weighted by Crippen LogP contribution is -2.69. The molecule has 0 saturated carbocycles. The molecular weight excluding hydrogens is 880 g/mol. The van der Waals surface area contributed by atoms with E-state index in [1.165, 1.54) is 20.8 Å². The fourth-order valence-corrected chi connectivity index (χ4v) is 8.23. The van der Waals surface area contributed by atoms with Crippen LogP contribution in [0, 0.1) is 0 Å². The Balaban J connectivity index is 1.33. The van der Waals surface area contributed by atoms with E-state index < -0.39 is 204 Å². The molecular formula is C36H62O28. The maximum absolute atomic E-state index is 12.0. The monoisotopic (exact) mass is 942 g/mol. The molecule has 374 valence electrons. The van der Waals surface area contributed by atoms with E-state index in [0.717, 1.165) is 0 Å². The Hall–Kier alpha value is -1.12. The summed E-state index contributed by atoms with van der Waals surface area (Å²) >= 11 is 0. The number of hydrogen-bond donors (Lipinski definition) is 17. The van der Waals surface area contributed by atoms with Gasteiger partial charge in [-0.1, -0.05) is 0 Å². The van der Waals surface area contributed by atoms with Crippen LogP contribution in [0.2, 0.25) is 0 Å². The van der Waals surface area contributed by atoms with Crippen molar-refractivity contribution < 1.29 is 139 Å². The zero-order chi connectivity index (χ0) is 47.2. The van der Waals surface area contributed by atoms with Crippen LogP contribution in [0.4, 0.5) is 0 Å². The molecule has 0 amide bonds. The summed E-state index contributed by atoms with van der Waals surface area (Å²) in [5.41, 5.74) is 0. The van der Waals surface area contributed by atoms with Crippen LogP contribution in [0.5, 0.6) is 0 Å². The second-order valence-corrected chi connectivity index (χ2v) is 16.7. The second-order valence-electron chi connectivity index (χ2n) is 16.7. The minimum atomic E-state index is -2.21. The Bertz CT molecular complexity index is 1440. The number of ether oxygens (including phenoxy) is 11. The molecule has 6 rings (SSSR count). The van der Waals surface area contributed by atoms with Crippen molar-refractivity contribution in [3.63, 3.8) is 0 Å². The van der Waals surface area contributed by atoms with Crippen LogP contribution in [-0.4, -0.2) is 291 Å². The Kier molecular flexibility index (Phi) is 17.7. The van der Waals surface area contributed by atoms with Gasteiger partial charge in [0, 0.05) is 0 Å². The van der Waals surface area contributed by atoms with Gasteiger partial charge in [-0.25, -0.2) is 0 Å². The largest absolute Gasteiger partial charge is 0.394 e. The van der Waals surface area contributed by atoms with E-state index in [1.54, 1.807) is 0 Å². The van der Waals surface area contributed by atoms with Crippen molar-refractivity contribution in [1.29, 1.82) is 0 Å². The van der Waals surface area contributed by atoms with Gasteiger partial charge in [-0.3, -0.25) is 0 Å². The molecule has 6 fully saturated rings. The summed E-state index contributed by atoms with van der Waals surface area (Å²) in [7, 11) is 0. The first-order chi connectivity index (χ1) is 30.1. The van der Waals surface area contributed by atoms with Crippen LogP contribution in [-0.2, 0) is 52.1 Å². The minimum Gasteiger partial charge on any atom is -0.394 e. The highest BCUT2D eigenvalue weighted by atomic mass is 16.8. The van der Waals surface area contributed by atoms with E-state index in [-0.39, 0.29) is 0 Å². The Morgan fingerprint density at radius 1 is 0.312 bits per heavy atom. The standard InChI is InChI=1S/C36H62O28/c1-7-13(39)17(43)22(48)33(56-7)61-27-11(5-38)59-35(24(50)20(27)46)62-28-12(6-54-32-21(47)19(45)16(42)10(4-37)58-32)60-36(63-29-15(41)9(3)55-31(53)25(29)51)26(52)30(28)64-34-23(49)18(44)14(40)8(2)57-34/h7-53H,4-6H2,1-3H3/t7-,8-,9-,10+,11+,12+,13-,14-,15-,16+,17+,18+,19-,20+,21+,22+,23+,24+,25+,26+,27+,28+,29+,30+,31-,32+,33+,34-,35-,36+/m0/s1. The molecule has 0 aromatic carbocycles. The fraction of sp³-hybridized carbons (Fsp3) is 1.00. The molecule has 17 N–H and O–H groups in total. The first-order valence-corrected chi connectivity index (χ1v) is 20.7. The third-order valence-corrected chi connectivity index (χ3v) is 12.3. The van der Waals surface area contributed by atoms with Crippen molar-refractivity contribution in [1.82, 2.24) is 0 Å². The topological polar surface area (TPSA) is 445 Å². The van der Waals surface area contributed by atoms with Crippen LogP contribution < -0.4 is 0 Å². The molecule has 0 aromatic heterocycles. The summed E-state index contributed by atoms with van der Waals surface area (Å²) in [6.07, 6.45) is -54.2. The molecule has 0 bridgehead atoms. The lowest BCUT2D eigenvalue weighted by Gasteiger charge is -2.51. The molecule has 6 heterocycles. The first kappa shape index (κ1) is 52.3. The van der Waals surface area contributed by atoms with Crippen molar-refractivity contribution in [2.45, 2.75) is 205 Å². The SMILES string of the molecule is C[C@@H]1O[C@@H](O[C@@H]2[C@@H](O)[C@@H](O[C@@H]3[C@@H](O)[C@H](C)O[C@H](O)[C@@H]3O)O[C@H](CO[C@@H]3O[C@H](CO)[C@@H](O)[C@H](O)[C@H]3O)[C@H]2O[C@@H]2O[C@H](CO)[C@@H](O[C@H]3O[C@@H](C)[C@H](O)[C@@H](O)[C@H]3O)[C@H](O)[C@H]2O)[C@H](O)[C@H](O)[C@H]1O. The van der Waals surface area contributed by atoms with E-state index in [0.29, 0.717) is 0 Å². The number of rotatable bonds is 13. The predicted molar refractivity (Wildman–Crippen MR) is 195 cm³/mol. The van der Waals surface area contributed by atoms with Crippen LogP contribution in [0.15, 0.2) is 0 Å². The van der Waals surface area contributed by atoms with Crippen molar-refractivity contribution in [2.75, 3.05) is 19.8 Å². The zero-order valence-corrected chi connectivity index (χ0v) is 34.5. The van der Waals surface area contributed by atoms with Crippen molar-refractivity contribution >= 4 is 0 Å². The molecule has 64 heavy (non-hydrogen) atoms. The van der Waals surface area contributed by atoms with Crippen LogP contribution in [0.3, 0.4) is 0 Å². The molecule has 6 aliphatic rings. The fourth-order valence-electron chi connectivity index (χ4n) is 8.23. The van der Waals surface area contributed by atoms with Gasteiger partial charge in [0.05, 0.1) is 38.1 Å². The summed E-state index contributed by atoms with van der Waals surface area (Å²) in [6.45, 7) is 1.23. The van der Waals surface area contributed by atoms with Crippen LogP contribution in [0.1, 0.15) is 20.8 Å². The Morgan fingerprint density at radius 2 is 0.719 bits per heavy atom. The quantitative estimate of drug-likeness (QED) is 0.0815. The Labute approximate surface area is 363 Å². The van der Waals surface area contributed by atoms with Gasteiger partial charge in [0.2, 0.25) is 0 Å². The first-order valence-electron chi connectivity index (χ1n) is 20.7. The molecule has 0 aliphatic carbocycles. The average molecular weight is 943 g/mol. The van der Waals surface area contributed by atoms with Crippen LogP contribution >= 0.6 is 0 Å². The highest BCUT2D eigenvalue weighted by molar-refractivity contribution is 5.00. The average Bonchev–Trinajstić information content (AvgIpc) is 3.27. The van der Waals surface area contributed by atoms with Gasteiger partial charge in [-0.15, -0.1) is 0 Å². The minimum absolute atomic E-state index is 0.861. The van der Waals surface area contributed by atoms with Gasteiger partial charge in [0.15, 0.2) is 37.7 Å². The van der Waals surface area contributed by atoms with Gasteiger partial charge < -0.3 is 139 Å². The van der Waals surface area contributed by atoms with Crippen LogP contribution in [0.25, 0.3) is 0 Å². The van der Waals surface area contributed by atoms with Gasteiger partial charge in [-0.2, -0.15) is 0 Å². The molecule has 6 saturated heterocycles. The lowest BCUT2D eigenvalue weighted by molar-refractivity contribution is -0.405. The number of hydrogen-bond acceptors (Lipinski definition) is 28. The summed E-state index contributed by atoms with van der Waals surface area (Å²) < 4.78 is 62.8. The van der Waals surface area contributed by atoms with E-state index in [4.69, 9.17) is 52.1 Å². The zero-order valence-electron chi connectivity index (χ0n) is 34.5. The summed E-state index contributed by atoms with van der Waals surface area (Å²) in [6, 6.07) is 0. The second kappa shape index (κ2) is 21.7. The summed E-state index contributed by atoms with van der Waals surface area (Å²) in [5.74, 6) is 0. The molecule has 28 heteroatoms. The summed E-state index contributed by atoms with van der Waals surface area (Å²) in [4.78, 5) is 0. The maximum Gasteiger partial charge on any atom is 0.187 e. The predicted octanol–water partition coefficient (Wildman–Crippen LogP) is -11.0. The van der Waals surface area contributed by atoms with Gasteiger partial charge in [-0.05, 0) is 20.8 Å². The highest BCUT2D eigenvalue weighted by Crippen LogP contribution is 2.37. The smallest absolute Gasteiger partial charge is 0.187 e. The van der Waals surface area contributed by atoms with E-state index >= 15 is 0 Å². The molecule has 0 aromatic rings. The molecule has 0 radical (unpaired) electrons. The van der Waals surface area contributed by atoms with E-state index in [2.05, 4.69) is 0 Å². The van der Waals surface area contributed by atoms with Gasteiger partial charge in [0.1, 0.15) is 128 Å². The summed E-state index contributed by atoms with van der Waals surface area (Å²) in [5, 5.41) is 181. The number of aliphatic hydroxyl groups is 17. The maximum atomic E-state index is 12.0.